The molecule has 0 spiro atoms. The van der Waals surface area contributed by atoms with E-state index in [0.717, 1.165) is 0 Å². The fourth-order valence-electron chi connectivity index (χ4n) is 3.31. The van der Waals surface area contributed by atoms with E-state index in [1.54, 1.807) is 6.92 Å². The van der Waals surface area contributed by atoms with Crippen LogP contribution < -0.4 is 16.7 Å². The monoisotopic (exact) mass is 369 g/mol. The molecule has 2 aliphatic rings. The lowest BCUT2D eigenvalue weighted by Gasteiger charge is -2.39. The molecule has 0 saturated carbocycles. The first-order valence-corrected chi connectivity index (χ1v) is 8.89. The van der Waals surface area contributed by atoms with Crippen LogP contribution in [0.15, 0.2) is 15.8 Å². The predicted molar refractivity (Wildman–Crippen MR) is 92.9 cm³/mol. The molecule has 4 atom stereocenters. The molecule has 1 aromatic heterocycles. The van der Waals surface area contributed by atoms with Gasteiger partial charge in [0.15, 0.2) is 12.3 Å². The van der Waals surface area contributed by atoms with Crippen molar-refractivity contribution in [2.75, 3.05) is 13.2 Å². The van der Waals surface area contributed by atoms with Crippen LogP contribution in [0.2, 0.25) is 0 Å². The average Bonchev–Trinajstić information content (AvgIpc) is 2.72. The van der Waals surface area contributed by atoms with Crippen molar-refractivity contribution in [3.63, 3.8) is 0 Å². The molecule has 2 saturated heterocycles. The van der Waals surface area contributed by atoms with Crippen LogP contribution in [0.4, 0.5) is 0 Å². The Balaban J connectivity index is 2.00. The highest BCUT2D eigenvalue weighted by molar-refractivity contribution is 5.09. The van der Waals surface area contributed by atoms with Crippen LogP contribution in [-0.2, 0) is 19.0 Å². The van der Waals surface area contributed by atoms with E-state index < -0.39 is 35.3 Å². The summed E-state index contributed by atoms with van der Waals surface area (Å²) in [7, 11) is 0. The number of nitrogens with zero attached hydrogens (tertiary/aromatic N) is 1. The summed E-state index contributed by atoms with van der Waals surface area (Å²) in [4.78, 5) is 32.0. The Morgan fingerprint density at radius 1 is 1.31 bits per heavy atom. The number of aromatic amines is 1. The normalized spacial score (nSPS) is 31.1. The van der Waals surface area contributed by atoms with E-state index in [2.05, 4.69) is 10.5 Å². The Morgan fingerprint density at radius 2 is 2.04 bits per heavy atom. The zero-order valence-corrected chi connectivity index (χ0v) is 15.8. The summed E-state index contributed by atoms with van der Waals surface area (Å²) in [6.45, 7) is 10.1. The molecule has 146 valence electrons. The second-order valence-electron chi connectivity index (χ2n) is 7.42. The maximum absolute atomic E-state index is 12.3. The summed E-state index contributed by atoms with van der Waals surface area (Å²) in [5.74, 6) is 0. The molecule has 2 aliphatic heterocycles. The lowest BCUT2D eigenvalue weighted by molar-refractivity contribution is -0.200. The quantitative estimate of drug-likeness (QED) is 0.740. The van der Waals surface area contributed by atoms with E-state index in [9.17, 15) is 9.59 Å². The van der Waals surface area contributed by atoms with Crippen LogP contribution in [-0.4, -0.2) is 52.7 Å². The van der Waals surface area contributed by atoms with Crippen LogP contribution in [0.5, 0.6) is 0 Å². The van der Waals surface area contributed by atoms with Crippen molar-refractivity contribution in [3.05, 3.63) is 32.6 Å². The molecule has 1 unspecified atom stereocenters. The maximum atomic E-state index is 12.3. The fraction of sp³-hybridized carbons (Fsp3) is 0.765. The van der Waals surface area contributed by atoms with Crippen LogP contribution >= 0.6 is 0 Å². The summed E-state index contributed by atoms with van der Waals surface area (Å²) in [5, 5.41) is 0. The second kappa shape index (κ2) is 7.24. The van der Waals surface area contributed by atoms with Crippen LogP contribution in [0.1, 0.15) is 39.5 Å². The van der Waals surface area contributed by atoms with E-state index in [1.807, 2.05) is 27.7 Å². The molecule has 0 radical (unpaired) electrons. The van der Waals surface area contributed by atoms with Gasteiger partial charge >= 0.3 is 5.69 Å². The predicted octanol–water partition coefficient (Wildman–Crippen LogP) is 0.235. The number of H-pyrrole nitrogens is 1. The van der Waals surface area contributed by atoms with Gasteiger partial charge in [-0.25, -0.2) is 4.79 Å². The fourth-order valence-corrected chi connectivity index (χ4v) is 3.31. The first-order valence-electron chi connectivity index (χ1n) is 8.89. The largest absolute Gasteiger partial charge is 0.376 e. The van der Waals surface area contributed by atoms with Gasteiger partial charge in [0.25, 0.3) is 5.56 Å². The highest BCUT2D eigenvalue weighted by Gasteiger charge is 2.61. The number of hydrogen-bond acceptors (Lipinski definition) is 7. The Hall–Kier alpha value is -1.52. The molecule has 2 bridgehead atoms. The molecule has 0 aliphatic carbocycles. The summed E-state index contributed by atoms with van der Waals surface area (Å²) in [5.41, 5.74) is 1.53. The molecule has 3 rings (SSSR count). The van der Waals surface area contributed by atoms with Crippen molar-refractivity contribution in [1.29, 1.82) is 0 Å². The molecule has 2 fully saturated rings. The minimum Gasteiger partial charge on any atom is -0.376 e. The first kappa shape index (κ1) is 19.2. The number of hydroxylamine groups is 1. The first-order chi connectivity index (χ1) is 12.2. The van der Waals surface area contributed by atoms with Crippen molar-refractivity contribution in [3.8, 4) is 0 Å². The third-order valence-corrected chi connectivity index (χ3v) is 4.54. The smallest absolute Gasteiger partial charge is 0.330 e. The van der Waals surface area contributed by atoms with Gasteiger partial charge in [-0.05, 0) is 34.6 Å². The van der Waals surface area contributed by atoms with Crippen LogP contribution in [0.25, 0.3) is 0 Å². The Labute approximate surface area is 151 Å². The number of rotatable bonds is 6. The highest BCUT2D eigenvalue weighted by atomic mass is 16.7. The van der Waals surface area contributed by atoms with E-state index in [1.165, 1.54) is 10.8 Å². The van der Waals surface area contributed by atoms with Crippen molar-refractivity contribution in [2.45, 2.75) is 70.9 Å². The third-order valence-electron chi connectivity index (χ3n) is 4.54. The molecule has 0 amide bonds. The van der Waals surface area contributed by atoms with Gasteiger partial charge in [0.1, 0.15) is 11.7 Å². The van der Waals surface area contributed by atoms with Crippen molar-refractivity contribution in [1.82, 2.24) is 15.0 Å². The van der Waals surface area contributed by atoms with Crippen molar-refractivity contribution < 1.29 is 19.0 Å². The lowest BCUT2D eigenvalue weighted by atomic mass is 9.94. The summed E-state index contributed by atoms with van der Waals surface area (Å²) < 4.78 is 19.6. The van der Waals surface area contributed by atoms with E-state index in [0.29, 0.717) is 18.7 Å². The Bertz CT molecular complexity index is 758. The molecule has 26 heavy (non-hydrogen) atoms. The number of fused-ring (bicyclic) bond motifs is 2. The van der Waals surface area contributed by atoms with Crippen molar-refractivity contribution in [2.24, 2.45) is 0 Å². The minimum atomic E-state index is -0.800. The number of hydrogen-bond donors (Lipinski definition) is 2. The maximum Gasteiger partial charge on any atom is 0.330 e. The van der Waals surface area contributed by atoms with Gasteiger partial charge in [-0.2, -0.15) is 5.48 Å². The van der Waals surface area contributed by atoms with Crippen LogP contribution in [0, 0.1) is 6.92 Å². The van der Waals surface area contributed by atoms with E-state index in [4.69, 9.17) is 19.0 Å². The Morgan fingerprint density at radius 3 is 2.69 bits per heavy atom. The van der Waals surface area contributed by atoms with Crippen molar-refractivity contribution >= 4 is 0 Å². The standard InChI is InChI=1S/C17H27N3O6/c1-9(2)23-8-17-7-18-26-12(13(17)24-10(3)4)15(25-17)20-6-11(5)14(21)19-16(20)22/h6,9-10,12-13,15,18H,7-8H2,1-5H3,(H,19,21,22)/t12-,13?,15+,17+/m0/s1. The molecule has 3 heterocycles. The molecule has 9 nitrogen and oxygen atoms in total. The molecule has 2 N–H and O–H groups in total. The van der Waals surface area contributed by atoms with Gasteiger partial charge in [0.05, 0.1) is 25.4 Å². The van der Waals surface area contributed by atoms with Gasteiger partial charge in [-0.3, -0.25) is 19.2 Å². The number of nitrogens with one attached hydrogen (secondary N) is 2. The zero-order valence-electron chi connectivity index (χ0n) is 15.8. The van der Waals surface area contributed by atoms with Gasteiger partial charge in [0.2, 0.25) is 0 Å². The van der Waals surface area contributed by atoms with Crippen LogP contribution in [0.3, 0.4) is 0 Å². The number of aromatic nitrogens is 2. The summed E-state index contributed by atoms with van der Waals surface area (Å²) in [6, 6.07) is 0. The number of ether oxygens (including phenoxy) is 3. The number of aryl methyl sites for hydroxylation is 1. The average molecular weight is 369 g/mol. The molecule has 0 aromatic carbocycles. The van der Waals surface area contributed by atoms with Gasteiger partial charge in [-0.15, -0.1) is 0 Å². The van der Waals surface area contributed by atoms with Gasteiger partial charge < -0.3 is 14.2 Å². The summed E-state index contributed by atoms with van der Waals surface area (Å²) in [6.07, 6.45) is -0.284. The lowest BCUT2D eigenvalue weighted by Crippen LogP contribution is -2.60. The highest BCUT2D eigenvalue weighted by Crippen LogP contribution is 2.43. The third kappa shape index (κ3) is 3.49. The van der Waals surface area contributed by atoms with E-state index >= 15 is 0 Å². The van der Waals surface area contributed by atoms with E-state index in [-0.39, 0.29) is 12.2 Å². The topological polar surface area (TPSA) is 104 Å². The molecule has 1 aromatic rings. The Kier molecular flexibility index (Phi) is 5.36. The van der Waals surface area contributed by atoms with Gasteiger partial charge in [0, 0.05) is 11.8 Å². The molecular weight excluding hydrogens is 342 g/mol. The molecule has 9 heteroatoms. The molecular formula is C17H27N3O6. The minimum absolute atomic E-state index is 0.0195. The zero-order chi connectivity index (χ0) is 19.1. The SMILES string of the molecule is Cc1cn([C@@H]2O[C@@]3(COC(C)C)CNO[C@H]2C3OC(C)C)c(=O)[nH]c1=O. The second-order valence-corrected chi connectivity index (χ2v) is 7.42. The van der Waals surface area contributed by atoms with Gasteiger partial charge in [-0.1, -0.05) is 0 Å². The summed E-state index contributed by atoms with van der Waals surface area (Å²) >= 11 is 0.